The maximum atomic E-state index is 13.4. The maximum absolute atomic E-state index is 13.4. The second-order valence-corrected chi connectivity index (χ2v) is 9.05. The topological polar surface area (TPSA) is 107 Å². The number of carbonyl (C=O) groups excluding carboxylic acids is 1. The van der Waals surface area contributed by atoms with Crippen molar-refractivity contribution in [1.82, 2.24) is 30.4 Å². The number of hydrogen-bond acceptors (Lipinski definition) is 7. The minimum atomic E-state index is -4.79. The molecule has 0 saturated carbocycles. The minimum absolute atomic E-state index is 0.0567. The standard InChI is InChI=1S/C21H23F6N7O2/c1-19(3-2-13-15(21(25,26)27)17(36)32-31-16(13)19)11-28-10-14(35)33-4-6-34(7-5-33)18-29-8-12(9-30-18)20(22,23)24/h8-9,28H,2-7,10-11H2,1H3,(H,32,36). The van der Waals surface area contributed by atoms with E-state index in [0.29, 0.717) is 45.0 Å². The molecule has 1 aliphatic heterocycles. The summed E-state index contributed by atoms with van der Waals surface area (Å²) >= 11 is 0. The van der Waals surface area contributed by atoms with Crippen LogP contribution in [0.3, 0.4) is 0 Å². The van der Waals surface area contributed by atoms with Crippen molar-refractivity contribution in [2.45, 2.75) is 37.5 Å². The predicted molar refractivity (Wildman–Crippen MR) is 114 cm³/mol. The fourth-order valence-electron chi connectivity index (χ4n) is 4.56. The van der Waals surface area contributed by atoms with Gasteiger partial charge in [0.15, 0.2) is 0 Å². The third kappa shape index (κ3) is 5.15. The van der Waals surface area contributed by atoms with Crippen molar-refractivity contribution in [2.24, 2.45) is 0 Å². The number of nitrogens with zero attached hydrogens (tertiary/aromatic N) is 5. The molecule has 0 spiro atoms. The molecule has 36 heavy (non-hydrogen) atoms. The van der Waals surface area contributed by atoms with Crippen molar-refractivity contribution >= 4 is 11.9 Å². The number of halogens is 6. The van der Waals surface area contributed by atoms with Gasteiger partial charge in [-0.15, -0.1) is 0 Å². The van der Waals surface area contributed by atoms with Crippen LogP contribution in [0.4, 0.5) is 32.3 Å². The molecule has 2 aromatic rings. The van der Waals surface area contributed by atoms with E-state index in [2.05, 4.69) is 20.4 Å². The Balaban J connectivity index is 1.30. The van der Waals surface area contributed by atoms with Crippen LogP contribution in [0.15, 0.2) is 17.2 Å². The number of nitrogens with one attached hydrogen (secondary N) is 2. The normalized spacial score (nSPS) is 20.5. The molecule has 1 fully saturated rings. The second kappa shape index (κ2) is 9.33. The number of amides is 1. The van der Waals surface area contributed by atoms with Crippen LogP contribution < -0.4 is 15.8 Å². The lowest BCUT2D eigenvalue weighted by atomic mass is 9.87. The molecular formula is C21H23F6N7O2. The first-order valence-corrected chi connectivity index (χ1v) is 11.1. The van der Waals surface area contributed by atoms with E-state index in [1.54, 1.807) is 16.7 Å². The number of piperazine rings is 1. The van der Waals surface area contributed by atoms with Gasteiger partial charge in [-0.1, -0.05) is 6.92 Å². The van der Waals surface area contributed by atoms with Gasteiger partial charge in [0.05, 0.1) is 17.8 Å². The Morgan fingerprint density at radius 3 is 2.31 bits per heavy atom. The number of aromatic nitrogens is 4. The zero-order chi connectivity index (χ0) is 26.3. The fourth-order valence-corrected chi connectivity index (χ4v) is 4.56. The van der Waals surface area contributed by atoms with Crippen LogP contribution >= 0.6 is 0 Å². The Hall–Kier alpha value is -3.23. The van der Waals surface area contributed by atoms with E-state index in [9.17, 15) is 35.9 Å². The average molecular weight is 519 g/mol. The summed E-state index contributed by atoms with van der Waals surface area (Å²) in [6.07, 6.45) is -7.49. The molecular weight excluding hydrogens is 496 g/mol. The molecule has 4 rings (SSSR count). The van der Waals surface area contributed by atoms with Gasteiger partial charge < -0.3 is 15.1 Å². The maximum Gasteiger partial charge on any atom is 0.422 e. The first kappa shape index (κ1) is 25.9. The van der Waals surface area contributed by atoms with Crippen LogP contribution in [0.5, 0.6) is 0 Å². The lowest BCUT2D eigenvalue weighted by Crippen LogP contribution is -2.52. The summed E-state index contributed by atoms with van der Waals surface area (Å²) in [5.41, 5.74) is -4.17. The van der Waals surface area contributed by atoms with Crippen LogP contribution in [-0.2, 0) is 29.0 Å². The van der Waals surface area contributed by atoms with E-state index >= 15 is 0 Å². The van der Waals surface area contributed by atoms with Gasteiger partial charge in [0, 0.05) is 50.5 Å². The molecule has 0 radical (unpaired) electrons. The predicted octanol–water partition coefficient (Wildman–Crippen LogP) is 1.74. The van der Waals surface area contributed by atoms with Gasteiger partial charge >= 0.3 is 12.4 Å². The highest BCUT2D eigenvalue weighted by molar-refractivity contribution is 5.78. The van der Waals surface area contributed by atoms with Gasteiger partial charge in [0.2, 0.25) is 11.9 Å². The van der Waals surface area contributed by atoms with Gasteiger partial charge in [-0.2, -0.15) is 31.4 Å². The van der Waals surface area contributed by atoms with Crippen LogP contribution in [-0.4, -0.2) is 70.2 Å². The molecule has 0 aromatic carbocycles. The van der Waals surface area contributed by atoms with Crippen LogP contribution in [0.1, 0.15) is 35.7 Å². The SMILES string of the molecule is CC1(CNCC(=O)N2CCN(c3ncc(C(F)(F)F)cn3)CC2)CCc2c1n[nH]c(=O)c2C(F)(F)F. The van der Waals surface area contributed by atoms with Crippen LogP contribution in [0, 0.1) is 0 Å². The van der Waals surface area contributed by atoms with Gasteiger partial charge in [0.1, 0.15) is 5.56 Å². The molecule has 1 aliphatic carbocycles. The zero-order valence-corrected chi connectivity index (χ0v) is 19.1. The Labute approximate surface area is 200 Å². The highest BCUT2D eigenvalue weighted by atomic mass is 19.4. The van der Waals surface area contributed by atoms with Crippen molar-refractivity contribution in [3.8, 4) is 0 Å². The molecule has 1 amide bonds. The summed E-state index contributed by atoms with van der Waals surface area (Å²) in [5, 5.41) is 8.81. The third-order valence-corrected chi connectivity index (χ3v) is 6.54. The third-order valence-electron chi connectivity index (χ3n) is 6.54. The van der Waals surface area contributed by atoms with Gasteiger partial charge in [-0.3, -0.25) is 9.59 Å². The Morgan fingerprint density at radius 1 is 1.08 bits per heavy atom. The monoisotopic (exact) mass is 519 g/mol. The molecule has 2 N–H and O–H groups in total. The average Bonchev–Trinajstić information content (AvgIpc) is 3.14. The molecule has 15 heteroatoms. The Morgan fingerprint density at radius 2 is 1.72 bits per heavy atom. The Bertz CT molecular complexity index is 1170. The summed E-state index contributed by atoms with van der Waals surface area (Å²) in [5.74, 6) is -0.0833. The van der Waals surface area contributed by atoms with Gasteiger partial charge in [-0.25, -0.2) is 15.1 Å². The molecule has 9 nitrogen and oxygen atoms in total. The lowest BCUT2D eigenvalue weighted by molar-refractivity contribution is -0.139. The van der Waals surface area contributed by atoms with Crippen molar-refractivity contribution in [1.29, 1.82) is 0 Å². The lowest BCUT2D eigenvalue weighted by Gasteiger charge is -2.35. The van der Waals surface area contributed by atoms with Crippen molar-refractivity contribution in [3.63, 3.8) is 0 Å². The summed E-state index contributed by atoms with van der Waals surface area (Å²) in [6, 6.07) is 0. The van der Waals surface area contributed by atoms with Gasteiger partial charge in [-0.05, 0) is 18.4 Å². The van der Waals surface area contributed by atoms with Crippen LogP contribution in [0.2, 0.25) is 0 Å². The number of fused-ring (bicyclic) bond motifs is 1. The molecule has 2 aromatic heterocycles. The molecule has 196 valence electrons. The number of aromatic amines is 1. The number of hydrogen-bond donors (Lipinski definition) is 2. The zero-order valence-electron chi connectivity index (χ0n) is 19.1. The highest BCUT2D eigenvalue weighted by Crippen LogP contribution is 2.41. The first-order valence-electron chi connectivity index (χ1n) is 11.1. The molecule has 0 bridgehead atoms. The van der Waals surface area contributed by atoms with Crippen LogP contribution in [0.25, 0.3) is 0 Å². The first-order chi connectivity index (χ1) is 16.8. The van der Waals surface area contributed by atoms with Crippen molar-refractivity contribution in [3.05, 3.63) is 45.1 Å². The van der Waals surface area contributed by atoms with Gasteiger partial charge in [0.25, 0.3) is 5.56 Å². The van der Waals surface area contributed by atoms with E-state index in [-0.39, 0.29) is 42.6 Å². The van der Waals surface area contributed by atoms with Crippen molar-refractivity contribution < 1.29 is 31.1 Å². The quantitative estimate of drug-likeness (QED) is 0.580. The summed E-state index contributed by atoms with van der Waals surface area (Å²) < 4.78 is 78.1. The molecule has 1 atom stereocenters. The minimum Gasteiger partial charge on any atom is -0.338 e. The van der Waals surface area contributed by atoms with E-state index < -0.39 is 34.5 Å². The summed E-state index contributed by atoms with van der Waals surface area (Å²) in [6.45, 7) is 3.13. The van der Waals surface area contributed by atoms with Crippen molar-refractivity contribution in [2.75, 3.05) is 44.2 Å². The number of anilines is 1. The van der Waals surface area contributed by atoms with E-state index in [0.717, 1.165) is 0 Å². The molecule has 3 heterocycles. The number of alkyl halides is 6. The number of carbonyl (C=O) groups is 1. The van der Waals surface area contributed by atoms with E-state index in [4.69, 9.17) is 0 Å². The molecule has 1 unspecified atom stereocenters. The highest BCUT2D eigenvalue weighted by Gasteiger charge is 2.45. The Kier molecular flexibility index (Phi) is 6.70. The number of H-pyrrole nitrogens is 1. The summed E-state index contributed by atoms with van der Waals surface area (Å²) in [4.78, 5) is 35.1. The smallest absolute Gasteiger partial charge is 0.338 e. The molecule has 2 aliphatic rings. The molecule has 1 saturated heterocycles. The second-order valence-electron chi connectivity index (χ2n) is 9.05. The van der Waals surface area contributed by atoms with E-state index in [1.165, 1.54) is 0 Å². The summed E-state index contributed by atoms with van der Waals surface area (Å²) in [7, 11) is 0. The fraction of sp³-hybridized carbons (Fsp3) is 0.571. The largest absolute Gasteiger partial charge is 0.422 e. The van der Waals surface area contributed by atoms with E-state index in [1.807, 2.05) is 5.10 Å². The number of rotatable bonds is 5.